The molecule has 2 N–H and O–H groups in total. The second-order valence-corrected chi connectivity index (χ2v) is 10.1. The zero-order valence-corrected chi connectivity index (χ0v) is 26.9. The average Bonchev–Trinajstić information content (AvgIpc) is 3.47. The number of rotatable bonds is 10. The molecular weight excluding hydrogens is 656 g/mol. The van der Waals surface area contributed by atoms with E-state index in [1.807, 2.05) is 25.1 Å². The normalized spacial score (nSPS) is 23.4. The van der Waals surface area contributed by atoms with E-state index in [-0.39, 0.29) is 39.4 Å². The van der Waals surface area contributed by atoms with Crippen LogP contribution in [0.5, 0.6) is 0 Å². The first-order valence-electron chi connectivity index (χ1n) is 13.8. The molecule has 4 rings (SSSR count). The first-order chi connectivity index (χ1) is 17.9. The van der Waals surface area contributed by atoms with Crippen molar-refractivity contribution < 1.29 is 55.3 Å². The second kappa shape index (κ2) is 19.2. The fraction of sp³-hybridized carbons (Fsp3) is 0.667. The van der Waals surface area contributed by atoms with Gasteiger partial charge in [-0.05, 0) is 42.5 Å². The Balaban J connectivity index is 0.000000338. The minimum atomic E-state index is -0.712. The van der Waals surface area contributed by atoms with E-state index < -0.39 is 12.4 Å². The van der Waals surface area contributed by atoms with E-state index in [4.69, 9.17) is 24.2 Å². The summed E-state index contributed by atoms with van der Waals surface area (Å²) in [5.41, 5.74) is 2.05. The van der Waals surface area contributed by atoms with Crippen LogP contribution in [0.4, 0.5) is 0 Å². The molecular formula is C30H48O7W. The summed E-state index contributed by atoms with van der Waals surface area (Å²) in [6, 6.07) is 12.2. The van der Waals surface area contributed by atoms with Gasteiger partial charge in [0.05, 0.1) is 13.2 Å². The first kappa shape index (κ1) is 35.1. The fourth-order valence-corrected chi connectivity index (χ4v) is 4.39. The number of hydrogen-bond donors (Lipinski definition) is 2. The predicted molar refractivity (Wildman–Crippen MR) is 147 cm³/mol. The maximum Gasteiger partial charge on any atom is 0.217 e. The molecule has 6 atom stereocenters. The quantitative estimate of drug-likeness (QED) is 0.167. The van der Waals surface area contributed by atoms with Gasteiger partial charge in [-0.25, -0.2) is 10.1 Å². The van der Waals surface area contributed by atoms with Gasteiger partial charge in [0.25, 0.3) is 0 Å². The van der Waals surface area contributed by atoms with Gasteiger partial charge in [0.2, 0.25) is 6.29 Å². The molecule has 2 saturated heterocycles. The van der Waals surface area contributed by atoms with Crippen LogP contribution >= 0.6 is 0 Å². The van der Waals surface area contributed by atoms with Crippen LogP contribution in [-0.4, -0.2) is 61.2 Å². The molecule has 0 amide bonds. The Hall–Kier alpha value is -0.892. The maximum absolute atomic E-state index is 9.57. The summed E-state index contributed by atoms with van der Waals surface area (Å²) in [4.78, 5) is 4.39. The number of benzene rings is 2. The molecule has 2 fully saturated rings. The van der Waals surface area contributed by atoms with Crippen molar-refractivity contribution in [2.75, 3.05) is 26.4 Å². The molecule has 2 aliphatic rings. The molecule has 2 unspecified atom stereocenters. The third kappa shape index (κ3) is 10.9. The molecule has 0 saturated carbocycles. The molecule has 0 aromatic heterocycles. The molecule has 38 heavy (non-hydrogen) atoms. The Morgan fingerprint density at radius 2 is 1.61 bits per heavy atom. The molecule has 216 valence electrons. The molecule has 2 heterocycles. The first-order valence-corrected chi connectivity index (χ1v) is 13.8. The van der Waals surface area contributed by atoms with Crippen molar-refractivity contribution in [3.63, 3.8) is 0 Å². The molecule has 2 aromatic rings. The van der Waals surface area contributed by atoms with E-state index in [2.05, 4.69) is 57.7 Å². The topological polar surface area (TPSA) is 86.6 Å². The van der Waals surface area contributed by atoms with E-state index in [0.29, 0.717) is 25.7 Å². The number of aliphatic hydroxyl groups is 1. The van der Waals surface area contributed by atoms with Crippen molar-refractivity contribution in [3.05, 3.63) is 47.5 Å². The SMILES string of the molecule is CCC.CCCC(C)CO[C@@H]1CO[C@H]2[C@@H]1OC[C@H]2O.CCCOC(OO)c1ccc2cc(C)ccc2c1.[W]. The standard InChI is InChI=1S/C15H18O3.C12H22O4.C3H8.W/c1-3-8-17-15(18-16)14-7-6-12-9-11(2)4-5-13(12)10-14;1-3-4-8(2)5-14-10-7-16-11-9(13)6-15-12(10)11;1-3-2;/h4-7,9-10,15-16H,3,8H2,1-2H3;8-13H,3-7H2,1-2H3;3H2,1-2H3;/t;8?,9-,10-,11-,12-;;/m.1../s1. The van der Waals surface area contributed by atoms with Gasteiger partial charge in [0.1, 0.15) is 24.4 Å². The van der Waals surface area contributed by atoms with Crippen LogP contribution in [0.2, 0.25) is 0 Å². The maximum atomic E-state index is 9.57. The van der Waals surface area contributed by atoms with Crippen molar-refractivity contribution in [1.82, 2.24) is 0 Å². The van der Waals surface area contributed by atoms with Crippen LogP contribution in [-0.2, 0) is 44.9 Å². The monoisotopic (exact) mass is 704 g/mol. The minimum Gasteiger partial charge on any atom is -0.388 e. The Morgan fingerprint density at radius 1 is 0.947 bits per heavy atom. The molecule has 0 bridgehead atoms. The molecule has 8 heteroatoms. The van der Waals surface area contributed by atoms with Gasteiger partial charge >= 0.3 is 0 Å². The molecule has 2 aliphatic heterocycles. The Bertz CT molecular complexity index is 896. The van der Waals surface area contributed by atoms with E-state index in [9.17, 15) is 5.11 Å². The van der Waals surface area contributed by atoms with Crippen molar-refractivity contribution in [2.24, 2.45) is 5.92 Å². The summed E-state index contributed by atoms with van der Waals surface area (Å²) in [6.45, 7) is 14.9. The summed E-state index contributed by atoms with van der Waals surface area (Å²) in [5.74, 6) is 0.579. The zero-order valence-electron chi connectivity index (χ0n) is 23.9. The third-order valence-corrected chi connectivity index (χ3v) is 6.22. The van der Waals surface area contributed by atoms with Gasteiger partial charge in [-0.15, -0.1) is 0 Å². The Morgan fingerprint density at radius 3 is 2.26 bits per heavy atom. The van der Waals surface area contributed by atoms with Crippen LogP contribution in [0.3, 0.4) is 0 Å². The summed E-state index contributed by atoms with van der Waals surface area (Å²) in [6.07, 6.45) is 3.07. The van der Waals surface area contributed by atoms with E-state index in [1.54, 1.807) is 0 Å². The fourth-order valence-electron chi connectivity index (χ4n) is 4.39. The van der Waals surface area contributed by atoms with Crippen LogP contribution in [0.25, 0.3) is 10.8 Å². The smallest absolute Gasteiger partial charge is 0.217 e. The van der Waals surface area contributed by atoms with Crippen LogP contribution < -0.4 is 0 Å². The van der Waals surface area contributed by atoms with Crippen LogP contribution in [0, 0.1) is 12.8 Å². The number of hydrogen-bond acceptors (Lipinski definition) is 7. The molecule has 0 radical (unpaired) electrons. The van der Waals surface area contributed by atoms with Gasteiger partial charge in [0, 0.05) is 39.8 Å². The number of ether oxygens (including phenoxy) is 4. The second-order valence-electron chi connectivity index (χ2n) is 10.1. The van der Waals surface area contributed by atoms with E-state index in [1.165, 1.54) is 30.2 Å². The van der Waals surface area contributed by atoms with Gasteiger partial charge in [-0.1, -0.05) is 83.4 Å². The Kier molecular flexibility index (Phi) is 17.8. The van der Waals surface area contributed by atoms with Crippen LogP contribution in [0.15, 0.2) is 36.4 Å². The largest absolute Gasteiger partial charge is 0.388 e. The summed E-state index contributed by atoms with van der Waals surface area (Å²) >= 11 is 0. The zero-order chi connectivity index (χ0) is 27.2. The third-order valence-electron chi connectivity index (χ3n) is 6.22. The van der Waals surface area contributed by atoms with E-state index in [0.717, 1.165) is 24.0 Å². The summed E-state index contributed by atoms with van der Waals surface area (Å²) in [5, 5.41) is 20.8. The number of aliphatic hydroxyl groups excluding tert-OH is 1. The van der Waals surface area contributed by atoms with Gasteiger partial charge < -0.3 is 24.1 Å². The predicted octanol–water partition coefficient (Wildman–Crippen LogP) is 6.44. The summed E-state index contributed by atoms with van der Waals surface area (Å²) in [7, 11) is 0. The molecule has 7 nitrogen and oxygen atoms in total. The van der Waals surface area contributed by atoms with Crippen molar-refractivity contribution in [1.29, 1.82) is 0 Å². The van der Waals surface area contributed by atoms with Crippen molar-refractivity contribution >= 4 is 10.8 Å². The van der Waals surface area contributed by atoms with Crippen LogP contribution in [0.1, 0.15) is 77.7 Å². The molecule has 2 aromatic carbocycles. The molecule has 0 aliphatic carbocycles. The average molecular weight is 705 g/mol. The Labute approximate surface area is 243 Å². The number of aryl methyl sites for hydroxylation is 1. The van der Waals surface area contributed by atoms with Gasteiger partial charge in [0.15, 0.2) is 0 Å². The van der Waals surface area contributed by atoms with E-state index >= 15 is 0 Å². The number of fused-ring (bicyclic) bond motifs is 2. The van der Waals surface area contributed by atoms with Gasteiger partial charge in [-0.2, -0.15) is 0 Å². The van der Waals surface area contributed by atoms with Crippen molar-refractivity contribution in [2.45, 2.75) is 97.9 Å². The van der Waals surface area contributed by atoms with Crippen molar-refractivity contribution in [3.8, 4) is 0 Å². The van der Waals surface area contributed by atoms with Gasteiger partial charge in [-0.3, -0.25) is 0 Å². The molecule has 0 spiro atoms. The summed E-state index contributed by atoms with van der Waals surface area (Å²) < 4.78 is 22.2. The minimum absolute atomic E-state index is 0.